The average Bonchev–Trinajstić information content (AvgIpc) is 2.97. The van der Waals surface area contributed by atoms with Crippen molar-refractivity contribution in [2.24, 2.45) is 0 Å². The van der Waals surface area contributed by atoms with Gasteiger partial charge in [0.1, 0.15) is 13.2 Å². The van der Waals surface area contributed by atoms with Crippen molar-refractivity contribution in [3.63, 3.8) is 0 Å². The number of nitrogens with zero attached hydrogens (tertiary/aromatic N) is 2. The fraction of sp³-hybridized carbons (Fsp3) is 0.429. The van der Waals surface area contributed by atoms with Crippen molar-refractivity contribution in [3.8, 4) is 23.0 Å². The number of ether oxygens (including phenoxy) is 2. The van der Waals surface area contributed by atoms with E-state index in [1.807, 2.05) is 32.0 Å². The third-order valence-electron chi connectivity index (χ3n) is 3.12. The molecule has 3 rings (SSSR count). The van der Waals surface area contributed by atoms with Crippen molar-refractivity contribution in [1.82, 2.24) is 15.5 Å². The molecular weight excluding hydrogens is 258 g/mol. The second-order valence-electron chi connectivity index (χ2n) is 4.55. The van der Waals surface area contributed by atoms with Gasteiger partial charge in [-0.15, -0.1) is 10.2 Å². The molecule has 1 aromatic carbocycles. The molecular formula is C14H17N3O3. The zero-order valence-corrected chi connectivity index (χ0v) is 11.5. The highest BCUT2D eigenvalue weighted by Crippen LogP contribution is 2.39. The quantitative estimate of drug-likeness (QED) is 0.922. The lowest BCUT2D eigenvalue weighted by molar-refractivity contribution is 0.172. The lowest BCUT2D eigenvalue weighted by Gasteiger charge is -2.19. The molecule has 0 saturated heterocycles. The molecule has 1 atom stereocenters. The Balaban J connectivity index is 1.94. The van der Waals surface area contributed by atoms with Crippen molar-refractivity contribution in [2.45, 2.75) is 19.9 Å². The smallest absolute Gasteiger partial charge is 0.251 e. The van der Waals surface area contributed by atoms with E-state index in [2.05, 4.69) is 15.5 Å². The van der Waals surface area contributed by atoms with Crippen molar-refractivity contribution in [3.05, 3.63) is 24.1 Å². The Hall–Kier alpha value is -2.08. The summed E-state index contributed by atoms with van der Waals surface area (Å²) >= 11 is 0. The van der Waals surface area contributed by atoms with Crippen LogP contribution in [0.1, 0.15) is 25.8 Å². The number of hydrogen-bond acceptors (Lipinski definition) is 6. The Morgan fingerprint density at radius 1 is 1.25 bits per heavy atom. The lowest BCUT2D eigenvalue weighted by Crippen LogP contribution is -2.17. The van der Waals surface area contributed by atoms with E-state index in [1.165, 1.54) is 0 Å². The highest BCUT2D eigenvalue weighted by atomic mass is 16.6. The normalized spacial score (nSPS) is 15.1. The van der Waals surface area contributed by atoms with E-state index in [4.69, 9.17) is 13.9 Å². The molecule has 2 heterocycles. The van der Waals surface area contributed by atoms with E-state index in [-0.39, 0.29) is 6.04 Å². The van der Waals surface area contributed by atoms with Gasteiger partial charge in [0.05, 0.1) is 11.6 Å². The maximum Gasteiger partial charge on any atom is 0.251 e. The number of aromatic nitrogens is 2. The summed E-state index contributed by atoms with van der Waals surface area (Å²) in [7, 11) is 0. The molecule has 2 aromatic rings. The van der Waals surface area contributed by atoms with Gasteiger partial charge in [0.15, 0.2) is 11.5 Å². The molecule has 0 saturated carbocycles. The topological polar surface area (TPSA) is 69.4 Å². The lowest BCUT2D eigenvalue weighted by atomic mass is 10.2. The molecule has 1 N–H and O–H groups in total. The van der Waals surface area contributed by atoms with Gasteiger partial charge in [-0.1, -0.05) is 13.0 Å². The van der Waals surface area contributed by atoms with Crippen molar-refractivity contribution < 1.29 is 13.9 Å². The molecule has 1 unspecified atom stereocenters. The van der Waals surface area contributed by atoms with Gasteiger partial charge in [-0.05, 0) is 25.6 Å². The first-order valence-electron chi connectivity index (χ1n) is 6.75. The van der Waals surface area contributed by atoms with E-state index in [0.717, 1.165) is 12.1 Å². The van der Waals surface area contributed by atoms with Gasteiger partial charge < -0.3 is 19.2 Å². The predicted octanol–water partition coefficient (Wildman–Crippen LogP) is 2.18. The summed E-state index contributed by atoms with van der Waals surface area (Å²) in [4.78, 5) is 0. The van der Waals surface area contributed by atoms with Crippen LogP contribution in [-0.2, 0) is 0 Å². The standard InChI is InChI=1S/C14H17N3O3/c1-3-15-9(2)13-16-17-14(20-13)10-5-4-6-11-12(10)19-8-7-18-11/h4-6,9,15H,3,7-8H2,1-2H3. The molecule has 1 aliphatic heterocycles. The zero-order valence-electron chi connectivity index (χ0n) is 11.5. The Labute approximate surface area is 117 Å². The molecule has 1 aromatic heterocycles. The van der Waals surface area contributed by atoms with Crippen molar-refractivity contribution >= 4 is 0 Å². The Morgan fingerprint density at radius 3 is 2.95 bits per heavy atom. The summed E-state index contributed by atoms with van der Waals surface area (Å²) in [5.41, 5.74) is 0.768. The van der Waals surface area contributed by atoms with Crippen LogP contribution >= 0.6 is 0 Å². The number of hydrogen-bond donors (Lipinski definition) is 1. The van der Waals surface area contributed by atoms with Gasteiger partial charge in [0.25, 0.3) is 5.89 Å². The van der Waals surface area contributed by atoms with E-state index in [9.17, 15) is 0 Å². The van der Waals surface area contributed by atoms with Crippen LogP contribution in [-0.4, -0.2) is 30.0 Å². The van der Waals surface area contributed by atoms with Crippen LogP contribution in [0.15, 0.2) is 22.6 Å². The number of rotatable bonds is 4. The minimum absolute atomic E-state index is 0.0259. The second-order valence-corrected chi connectivity index (χ2v) is 4.55. The van der Waals surface area contributed by atoms with Crippen LogP contribution in [0, 0.1) is 0 Å². The van der Waals surface area contributed by atoms with Crippen LogP contribution < -0.4 is 14.8 Å². The van der Waals surface area contributed by atoms with Crippen LogP contribution in [0.5, 0.6) is 11.5 Å². The SMILES string of the molecule is CCNC(C)c1nnc(-c2cccc3c2OCCO3)o1. The van der Waals surface area contributed by atoms with E-state index >= 15 is 0 Å². The fourth-order valence-corrected chi connectivity index (χ4v) is 2.15. The summed E-state index contributed by atoms with van der Waals surface area (Å²) in [5, 5.41) is 11.4. The summed E-state index contributed by atoms with van der Waals surface area (Å²) in [6.07, 6.45) is 0. The minimum atomic E-state index is 0.0259. The van der Waals surface area contributed by atoms with Crippen LogP contribution in [0.3, 0.4) is 0 Å². The molecule has 106 valence electrons. The maximum absolute atomic E-state index is 5.73. The van der Waals surface area contributed by atoms with Gasteiger partial charge in [-0.2, -0.15) is 0 Å². The molecule has 1 aliphatic rings. The fourth-order valence-electron chi connectivity index (χ4n) is 2.15. The number of benzene rings is 1. The average molecular weight is 275 g/mol. The summed E-state index contributed by atoms with van der Waals surface area (Å²) in [5.74, 6) is 2.40. The molecule has 6 heteroatoms. The molecule has 0 fully saturated rings. The first-order valence-corrected chi connectivity index (χ1v) is 6.75. The van der Waals surface area contributed by atoms with E-state index in [0.29, 0.717) is 36.5 Å². The summed E-state index contributed by atoms with van der Waals surface area (Å²) in [6, 6.07) is 5.68. The number of nitrogens with one attached hydrogen (secondary N) is 1. The third kappa shape index (κ3) is 2.34. The highest BCUT2D eigenvalue weighted by molar-refractivity contribution is 5.67. The van der Waals surface area contributed by atoms with Crippen LogP contribution in [0.25, 0.3) is 11.5 Å². The molecule has 0 radical (unpaired) electrons. The molecule has 0 aliphatic carbocycles. The van der Waals surface area contributed by atoms with E-state index in [1.54, 1.807) is 0 Å². The Morgan fingerprint density at radius 2 is 2.10 bits per heavy atom. The number of fused-ring (bicyclic) bond motifs is 1. The summed E-state index contributed by atoms with van der Waals surface area (Å²) in [6.45, 7) is 5.95. The Bertz CT molecular complexity index is 597. The molecule has 0 bridgehead atoms. The van der Waals surface area contributed by atoms with Crippen LogP contribution in [0.4, 0.5) is 0 Å². The molecule has 0 amide bonds. The monoisotopic (exact) mass is 275 g/mol. The molecule has 0 spiro atoms. The van der Waals surface area contributed by atoms with Gasteiger partial charge >= 0.3 is 0 Å². The second kappa shape index (κ2) is 5.50. The van der Waals surface area contributed by atoms with Gasteiger partial charge in [0, 0.05) is 0 Å². The third-order valence-corrected chi connectivity index (χ3v) is 3.12. The van der Waals surface area contributed by atoms with Gasteiger partial charge in [-0.3, -0.25) is 0 Å². The Kier molecular flexibility index (Phi) is 3.56. The van der Waals surface area contributed by atoms with E-state index < -0.39 is 0 Å². The zero-order chi connectivity index (χ0) is 13.9. The predicted molar refractivity (Wildman–Crippen MR) is 72.8 cm³/mol. The molecule has 6 nitrogen and oxygen atoms in total. The minimum Gasteiger partial charge on any atom is -0.486 e. The van der Waals surface area contributed by atoms with Crippen molar-refractivity contribution in [1.29, 1.82) is 0 Å². The first kappa shape index (κ1) is 12.9. The molecule has 20 heavy (non-hydrogen) atoms. The van der Waals surface area contributed by atoms with Crippen LogP contribution in [0.2, 0.25) is 0 Å². The van der Waals surface area contributed by atoms with Gasteiger partial charge in [-0.25, -0.2) is 0 Å². The first-order chi connectivity index (χ1) is 9.79. The highest BCUT2D eigenvalue weighted by Gasteiger charge is 2.21. The number of para-hydroxylation sites is 1. The summed E-state index contributed by atoms with van der Waals surface area (Å²) < 4.78 is 16.9. The largest absolute Gasteiger partial charge is 0.486 e. The maximum atomic E-state index is 5.73. The van der Waals surface area contributed by atoms with Crippen molar-refractivity contribution in [2.75, 3.05) is 19.8 Å². The van der Waals surface area contributed by atoms with Gasteiger partial charge in [0.2, 0.25) is 5.89 Å².